The van der Waals surface area contributed by atoms with E-state index in [1.165, 1.54) is 24.3 Å². The number of nitro groups is 1. The van der Waals surface area contributed by atoms with Gasteiger partial charge in [0.05, 0.1) is 34.7 Å². The number of hydrogen-bond donors (Lipinski definition) is 0. The Balaban J connectivity index is 1.50. The van der Waals surface area contributed by atoms with Gasteiger partial charge in [-0.05, 0) is 17.2 Å². The van der Waals surface area contributed by atoms with Crippen molar-refractivity contribution in [3.63, 3.8) is 0 Å². The first-order chi connectivity index (χ1) is 17.0. The summed E-state index contributed by atoms with van der Waals surface area (Å²) in [6.07, 6.45) is 1.64. The molecule has 2 amide bonds. The van der Waals surface area contributed by atoms with Gasteiger partial charge in [0.15, 0.2) is 5.78 Å². The number of Topliss-reactive ketones (excluding diaryl/α,β-unsaturated/α-hetero) is 1. The summed E-state index contributed by atoms with van der Waals surface area (Å²) in [7, 11) is 0. The number of hydrogen-bond acceptors (Lipinski definition) is 7. The number of ketones is 1. The summed E-state index contributed by atoms with van der Waals surface area (Å²) in [5.74, 6) is -3.20. The van der Waals surface area contributed by atoms with E-state index in [1.54, 1.807) is 41.6 Å². The number of carbonyl (C=O) groups is 3. The molecule has 3 aromatic rings. The Kier molecular flexibility index (Phi) is 4.60. The van der Waals surface area contributed by atoms with Crippen molar-refractivity contribution >= 4 is 35.2 Å². The highest BCUT2D eigenvalue weighted by Gasteiger charge is 2.65. The fourth-order valence-corrected chi connectivity index (χ4v) is 5.44. The summed E-state index contributed by atoms with van der Waals surface area (Å²) in [4.78, 5) is 53.0. The van der Waals surface area contributed by atoms with Gasteiger partial charge in [-0.2, -0.15) is 5.10 Å². The summed E-state index contributed by atoms with van der Waals surface area (Å²) in [5, 5.41) is 17.4. The van der Waals surface area contributed by atoms with Crippen LogP contribution in [0.15, 0.2) is 84.0 Å². The van der Waals surface area contributed by atoms with Gasteiger partial charge in [0, 0.05) is 17.7 Å². The third-order valence-electron chi connectivity index (χ3n) is 6.92. The number of non-ortho nitro benzene ring substituents is 1. The first-order valence-electron chi connectivity index (χ1n) is 11.1. The Morgan fingerprint density at radius 2 is 1.60 bits per heavy atom. The smallest absolute Gasteiger partial charge is 0.271 e. The van der Waals surface area contributed by atoms with Gasteiger partial charge in [0.25, 0.3) is 5.69 Å². The molecule has 0 radical (unpaired) electrons. The molecule has 2 saturated heterocycles. The molecule has 3 heterocycles. The van der Waals surface area contributed by atoms with E-state index in [1.807, 2.05) is 24.3 Å². The number of hydrazone groups is 1. The van der Waals surface area contributed by atoms with Crippen LogP contribution < -0.4 is 4.90 Å². The van der Waals surface area contributed by atoms with Gasteiger partial charge in [-0.3, -0.25) is 29.5 Å². The lowest BCUT2D eigenvalue weighted by Crippen LogP contribution is -2.44. The van der Waals surface area contributed by atoms with E-state index in [2.05, 4.69) is 5.10 Å². The number of fused-ring (bicyclic) bond motifs is 5. The van der Waals surface area contributed by atoms with Crippen LogP contribution in [0.5, 0.6) is 0 Å². The summed E-state index contributed by atoms with van der Waals surface area (Å²) in [6, 6.07) is 19.9. The molecular formula is C26H18N4O5. The number of nitrogens with zero attached hydrogens (tertiary/aromatic N) is 4. The van der Waals surface area contributed by atoms with Gasteiger partial charge in [-0.15, -0.1) is 0 Å². The van der Waals surface area contributed by atoms with Crippen LogP contribution in [0.3, 0.4) is 0 Å². The van der Waals surface area contributed by atoms with Crippen LogP contribution in [0.4, 0.5) is 11.4 Å². The van der Waals surface area contributed by atoms with Gasteiger partial charge in [0.1, 0.15) is 6.04 Å². The van der Waals surface area contributed by atoms with Crippen molar-refractivity contribution in [2.45, 2.75) is 12.1 Å². The SMILES string of the molecule is O=C(c1ccccc1)[C@H]1[C@H]2C(=O)N(c3cccc([N+](=O)[O-])c3)C(=O)[C@@H]2[C@H]2c3ccccc3C=NN21. The number of benzene rings is 3. The summed E-state index contributed by atoms with van der Waals surface area (Å²) < 4.78 is 0. The van der Waals surface area contributed by atoms with Crippen LogP contribution >= 0.6 is 0 Å². The van der Waals surface area contributed by atoms with E-state index in [4.69, 9.17) is 0 Å². The number of rotatable bonds is 4. The molecule has 0 spiro atoms. The Morgan fingerprint density at radius 1 is 0.886 bits per heavy atom. The molecule has 9 nitrogen and oxygen atoms in total. The molecular weight excluding hydrogens is 448 g/mol. The summed E-state index contributed by atoms with van der Waals surface area (Å²) >= 11 is 0. The van der Waals surface area contributed by atoms with Gasteiger partial charge < -0.3 is 0 Å². The van der Waals surface area contributed by atoms with Crippen molar-refractivity contribution < 1.29 is 19.3 Å². The average molecular weight is 466 g/mol. The van der Waals surface area contributed by atoms with Gasteiger partial charge in [0.2, 0.25) is 11.8 Å². The van der Waals surface area contributed by atoms with Crippen molar-refractivity contribution in [2.75, 3.05) is 4.90 Å². The standard InChI is InChI=1S/C26H18N4O5/c31-24(15-7-2-1-3-8-15)23-21-20(22-19-12-5-4-9-16(19)14-27-29(22)23)25(32)28(26(21)33)17-10-6-11-18(13-17)30(34)35/h1-14,20-23H/t20-,21-,22+,23+/m0/s1. The zero-order chi connectivity index (χ0) is 24.3. The van der Waals surface area contributed by atoms with E-state index < -0.39 is 40.7 Å². The average Bonchev–Trinajstić information content (AvgIpc) is 3.36. The van der Waals surface area contributed by atoms with Crippen molar-refractivity contribution in [3.8, 4) is 0 Å². The topological polar surface area (TPSA) is 113 Å². The Labute approximate surface area is 199 Å². The lowest BCUT2D eigenvalue weighted by atomic mass is 9.83. The van der Waals surface area contributed by atoms with Crippen LogP contribution in [0.25, 0.3) is 0 Å². The minimum absolute atomic E-state index is 0.119. The third kappa shape index (κ3) is 3.01. The van der Waals surface area contributed by atoms with Crippen LogP contribution in [-0.2, 0) is 9.59 Å². The predicted molar refractivity (Wildman–Crippen MR) is 126 cm³/mol. The second kappa shape index (κ2) is 7.69. The fourth-order valence-electron chi connectivity index (χ4n) is 5.44. The molecule has 6 rings (SSSR count). The number of imide groups is 1. The molecule has 3 aliphatic heterocycles. The fraction of sp³-hybridized carbons (Fsp3) is 0.154. The third-order valence-corrected chi connectivity index (χ3v) is 6.92. The minimum atomic E-state index is -0.989. The van der Waals surface area contributed by atoms with Gasteiger partial charge >= 0.3 is 0 Å². The van der Waals surface area contributed by atoms with E-state index >= 15 is 0 Å². The van der Waals surface area contributed by atoms with Gasteiger partial charge in [-0.1, -0.05) is 60.7 Å². The molecule has 172 valence electrons. The lowest BCUT2D eigenvalue weighted by Gasteiger charge is -2.33. The van der Waals surface area contributed by atoms with Crippen LogP contribution in [-0.4, -0.2) is 39.8 Å². The highest BCUT2D eigenvalue weighted by molar-refractivity contribution is 6.24. The predicted octanol–water partition coefficient (Wildman–Crippen LogP) is 3.36. The second-order valence-electron chi connectivity index (χ2n) is 8.71. The molecule has 0 unspecified atom stereocenters. The molecule has 0 aromatic heterocycles. The van der Waals surface area contributed by atoms with E-state index in [0.717, 1.165) is 16.0 Å². The second-order valence-corrected chi connectivity index (χ2v) is 8.71. The maximum absolute atomic E-state index is 13.8. The van der Waals surface area contributed by atoms with Crippen LogP contribution in [0.2, 0.25) is 0 Å². The van der Waals surface area contributed by atoms with Crippen LogP contribution in [0.1, 0.15) is 27.5 Å². The van der Waals surface area contributed by atoms with Crippen LogP contribution in [0, 0.1) is 22.0 Å². The Hall–Kier alpha value is -4.66. The quantitative estimate of drug-likeness (QED) is 0.252. The van der Waals surface area contributed by atoms with Crippen molar-refractivity contribution in [1.29, 1.82) is 0 Å². The molecule has 0 bridgehead atoms. The van der Waals surface area contributed by atoms with Crippen molar-refractivity contribution in [1.82, 2.24) is 5.01 Å². The highest BCUT2D eigenvalue weighted by Crippen LogP contribution is 2.53. The normalized spacial score (nSPS) is 24.2. The monoisotopic (exact) mass is 466 g/mol. The molecule has 3 aliphatic rings. The molecule has 3 aromatic carbocycles. The largest absolute Gasteiger partial charge is 0.292 e. The Morgan fingerprint density at radius 3 is 2.37 bits per heavy atom. The minimum Gasteiger partial charge on any atom is -0.292 e. The molecule has 9 heteroatoms. The highest BCUT2D eigenvalue weighted by atomic mass is 16.6. The molecule has 4 atom stereocenters. The molecule has 0 aliphatic carbocycles. The first-order valence-corrected chi connectivity index (χ1v) is 11.1. The molecule has 0 N–H and O–H groups in total. The number of nitro benzene ring substituents is 1. The Bertz CT molecular complexity index is 1440. The number of amides is 2. The lowest BCUT2D eigenvalue weighted by molar-refractivity contribution is -0.384. The van der Waals surface area contributed by atoms with E-state index in [9.17, 15) is 24.5 Å². The summed E-state index contributed by atoms with van der Waals surface area (Å²) in [5.41, 5.74) is 1.93. The van der Waals surface area contributed by atoms with Crippen molar-refractivity contribution in [2.24, 2.45) is 16.9 Å². The maximum atomic E-state index is 13.8. The summed E-state index contributed by atoms with van der Waals surface area (Å²) in [6.45, 7) is 0. The molecule has 2 fully saturated rings. The first kappa shape index (κ1) is 20.9. The maximum Gasteiger partial charge on any atom is 0.271 e. The number of anilines is 1. The zero-order valence-corrected chi connectivity index (χ0v) is 18.2. The van der Waals surface area contributed by atoms with E-state index in [0.29, 0.717) is 5.56 Å². The van der Waals surface area contributed by atoms with E-state index in [-0.39, 0.29) is 17.2 Å². The van der Waals surface area contributed by atoms with Gasteiger partial charge in [-0.25, -0.2) is 4.90 Å². The molecule has 35 heavy (non-hydrogen) atoms. The zero-order valence-electron chi connectivity index (χ0n) is 18.2. The number of carbonyl (C=O) groups excluding carboxylic acids is 3. The van der Waals surface area contributed by atoms with Crippen molar-refractivity contribution in [3.05, 3.63) is 106 Å². The molecule has 0 saturated carbocycles.